The summed E-state index contributed by atoms with van der Waals surface area (Å²) in [7, 11) is 0. The Kier molecular flexibility index (Phi) is 6.44. The maximum absolute atomic E-state index is 12.5. The number of aromatic nitrogens is 3. The molecule has 0 saturated carbocycles. The number of nitrogens with zero attached hydrogens (tertiary/aromatic N) is 2. The lowest BCUT2D eigenvalue weighted by molar-refractivity contribution is 0.0938. The highest BCUT2D eigenvalue weighted by molar-refractivity contribution is 7.98. The number of nitrogens with one attached hydrogen (secondary N) is 2. The second kappa shape index (κ2) is 9.59. The fourth-order valence-corrected chi connectivity index (χ4v) is 4.05. The number of hydrogen-bond donors (Lipinski definition) is 2. The molecule has 0 unspecified atom stereocenters. The summed E-state index contributed by atoms with van der Waals surface area (Å²) in [6.07, 6.45) is 5.39. The molecule has 0 spiro atoms. The Balaban J connectivity index is 1.27. The minimum absolute atomic E-state index is 0.0282. The zero-order chi connectivity index (χ0) is 20.8. The molecule has 0 fully saturated rings. The van der Waals surface area contributed by atoms with Gasteiger partial charge in [0.25, 0.3) is 5.91 Å². The summed E-state index contributed by atoms with van der Waals surface area (Å²) in [6, 6.07) is 20.1. The summed E-state index contributed by atoms with van der Waals surface area (Å²) in [5, 5.41) is 3.96. The SMILES string of the molecule is C[C@@H](CCc1ccccc1)NC(=O)c1ccc(CSc2nc3ccncc3[nH]2)cc1. The van der Waals surface area contributed by atoms with Gasteiger partial charge < -0.3 is 10.3 Å². The molecular formula is C24H24N4OS. The predicted molar refractivity (Wildman–Crippen MR) is 122 cm³/mol. The first-order chi connectivity index (χ1) is 14.7. The Morgan fingerprint density at radius 3 is 2.63 bits per heavy atom. The fourth-order valence-electron chi connectivity index (χ4n) is 3.21. The summed E-state index contributed by atoms with van der Waals surface area (Å²) in [4.78, 5) is 24.4. The third kappa shape index (κ3) is 5.27. The predicted octanol–water partition coefficient (Wildman–Crippen LogP) is 5.00. The number of imidazole rings is 1. The van der Waals surface area contributed by atoms with Crippen molar-refractivity contribution in [2.24, 2.45) is 0 Å². The van der Waals surface area contributed by atoms with E-state index in [0.717, 1.165) is 40.3 Å². The largest absolute Gasteiger partial charge is 0.350 e. The number of pyridine rings is 1. The molecule has 0 aliphatic carbocycles. The number of carbonyl (C=O) groups excluding carboxylic acids is 1. The van der Waals surface area contributed by atoms with E-state index in [1.165, 1.54) is 5.56 Å². The average molecular weight is 417 g/mol. The van der Waals surface area contributed by atoms with E-state index in [2.05, 4.69) is 39.3 Å². The normalized spacial score (nSPS) is 12.0. The van der Waals surface area contributed by atoms with Gasteiger partial charge in [0.15, 0.2) is 5.16 Å². The second-order valence-corrected chi connectivity index (χ2v) is 8.28. The van der Waals surface area contributed by atoms with E-state index in [9.17, 15) is 4.79 Å². The van der Waals surface area contributed by atoms with Gasteiger partial charge in [-0.05, 0) is 49.1 Å². The van der Waals surface area contributed by atoms with Crippen LogP contribution in [-0.2, 0) is 12.2 Å². The number of amides is 1. The van der Waals surface area contributed by atoms with Crippen LogP contribution in [0, 0.1) is 0 Å². The van der Waals surface area contributed by atoms with Crippen molar-refractivity contribution in [2.75, 3.05) is 0 Å². The molecule has 0 bridgehead atoms. The van der Waals surface area contributed by atoms with Gasteiger partial charge in [0.2, 0.25) is 0 Å². The molecule has 1 atom stereocenters. The van der Waals surface area contributed by atoms with Gasteiger partial charge in [-0.1, -0.05) is 54.2 Å². The van der Waals surface area contributed by atoms with Crippen molar-refractivity contribution in [3.63, 3.8) is 0 Å². The van der Waals surface area contributed by atoms with E-state index >= 15 is 0 Å². The van der Waals surface area contributed by atoms with Gasteiger partial charge in [-0.2, -0.15) is 0 Å². The first kappa shape index (κ1) is 20.2. The van der Waals surface area contributed by atoms with Crippen LogP contribution in [0.3, 0.4) is 0 Å². The van der Waals surface area contributed by atoms with Gasteiger partial charge in [-0.3, -0.25) is 9.78 Å². The van der Waals surface area contributed by atoms with Gasteiger partial charge >= 0.3 is 0 Å². The molecule has 2 aromatic heterocycles. The second-order valence-electron chi connectivity index (χ2n) is 7.32. The Labute approximate surface area is 180 Å². The first-order valence-electron chi connectivity index (χ1n) is 10.0. The molecule has 0 radical (unpaired) electrons. The Hall–Kier alpha value is -3.12. The van der Waals surface area contributed by atoms with Crippen LogP contribution in [0.1, 0.15) is 34.8 Å². The minimum Gasteiger partial charge on any atom is -0.350 e. The minimum atomic E-state index is -0.0282. The summed E-state index contributed by atoms with van der Waals surface area (Å²) < 4.78 is 0. The molecule has 4 aromatic rings. The number of H-pyrrole nitrogens is 1. The summed E-state index contributed by atoms with van der Waals surface area (Å²) in [5.74, 6) is 0.752. The van der Waals surface area contributed by atoms with E-state index < -0.39 is 0 Å². The Bertz CT molecular complexity index is 1080. The standard InChI is InChI=1S/C24H24N4OS/c1-17(7-8-18-5-3-2-4-6-18)26-23(29)20-11-9-19(10-12-20)16-30-24-27-21-13-14-25-15-22(21)28-24/h2-6,9-15,17H,7-8,16H2,1H3,(H,26,29)(H,27,28)/t17-/m0/s1. The maximum Gasteiger partial charge on any atom is 0.251 e. The van der Waals surface area contributed by atoms with Crippen LogP contribution >= 0.6 is 11.8 Å². The molecule has 0 aliphatic rings. The van der Waals surface area contributed by atoms with Crippen LogP contribution in [0.4, 0.5) is 0 Å². The third-order valence-corrected chi connectivity index (χ3v) is 5.88. The van der Waals surface area contributed by atoms with Crippen molar-refractivity contribution >= 4 is 28.7 Å². The van der Waals surface area contributed by atoms with Gasteiger partial charge in [0.05, 0.1) is 17.2 Å². The molecule has 2 N–H and O–H groups in total. The van der Waals surface area contributed by atoms with Crippen molar-refractivity contribution in [1.29, 1.82) is 0 Å². The zero-order valence-electron chi connectivity index (χ0n) is 16.8. The van der Waals surface area contributed by atoms with Gasteiger partial charge in [-0.15, -0.1) is 0 Å². The van der Waals surface area contributed by atoms with E-state index in [1.807, 2.05) is 48.5 Å². The van der Waals surface area contributed by atoms with Crippen molar-refractivity contribution in [1.82, 2.24) is 20.3 Å². The van der Waals surface area contributed by atoms with Crippen LogP contribution in [0.5, 0.6) is 0 Å². The van der Waals surface area contributed by atoms with Crippen molar-refractivity contribution in [2.45, 2.75) is 36.7 Å². The summed E-state index contributed by atoms with van der Waals surface area (Å²) >= 11 is 1.63. The Morgan fingerprint density at radius 1 is 1.07 bits per heavy atom. The number of carbonyl (C=O) groups is 1. The maximum atomic E-state index is 12.5. The molecule has 6 heteroatoms. The highest BCUT2D eigenvalue weighted by Gasteiger charge is 2.10. The lowest BCUT2D eigenvalue weighted by Crippen LogP contribution is -2.32. The van der Waals surface area contributed by atoms with E-state index in [-0.39, 0.29) is 11.9 Å². The molecule has 1 amide bonds. The summed E-state index contributed by atoms with van der Waals surface area (Å²) in [6.45, 7) is 2.05. The van der Waals surface area contributed by atoms with Gasteiger partial charge in [0, 0.05) is 23.6 Å². The number of rotatable bonds is 8. The van der Waals surface area contributed by atoms with Crippen molar-refractivity contribution < 1.29 is 4.79 Å². The van der Waals surface area contributed by atoms with Crippen LogP contribution < -0.4 is 5.32 Å². The molecular weight excluding hydrogens is 392 g/mol. The van der Waals surface area contributed by atoms with Crippen molar-refractivity contribution in [3.05, 3.63) is 89.7 Å². The smallest absolute Gasteiger partial charge is 0.251 e. The fraction of sp³-hybridized carbons (Fsp3) is 0.208. The monoisotopic (exact) mass is 416 g/mol. The van der Waals surface area contributed by atoms with E-state index in [0.29, 0.717) is 5.56 Å². The molecule has 2 heterocycles. The van der Waals surface area contributed by atoms with Crippen LogP contribution in [0.2, 0.25) is 0 Å². The van der Waals surface area contributed by atoms with Crippen LogP contribution in [0.15, 0.2) is 78.2 Å². The van der Waals surface area contributed by atoms with E-state index in [1.54, 1.807) is 24.2 Å². The summed E-state index contributed by atoms with van der Waals surface area (Å²) in [5.41, 5.74) is 4.98. The molecule has 30 heavy (non-hydrogen) atoms. The van der Waals surface area contributed by atoms with E-state index in [4.69, 9.17) is 0 Å². The lowest BCUT2D eigenvalue weighted by Gasteiger charge is -2.14. The van der Waals surface area contributed by atoms with Crippen LogP contribution in [0.25, 0.3) is 11.0 Å². The number of benzene rings is 2. The van der Waals surface area contributed by atoms with Crippen LogP contribution in [-0.4, -0.2) is 26.9 Å². The number of aryl methyl sites for hydroxylation is 1. The highest BCUT2D eigenvalue weighted by Crippen LogP contribution is 2.22. The topological polar surface area (TPSA) is 70.7 Å². The number of fused-ring (bicyclic) bond motifs is 1. The van der Waals surface area contributed by atoms with Gasteiger partial charge in [-0.25, -0.2) is 4.98 Å². The number of thioether (sulfide) groups is 1. The molecule has 4 rings (SSSR count). The molecule has 5 nitrogen and oxygen atoms in total. The average Bonchev–Trinajstić information content (AvgIpc) is 3.20. The van der Waals surface area contributed by atoms with Gasteiger partial charge in [0.1, 0.15) is 0 Å². The molecule has 0 saturated heterocycles. The molecule has 2 aromatic carbocycles. The lowest BCUT2D eigenvalue weighted by atomic mass is 10.1. The zero-order valence-corrected chi connectivity index (χ0v) is 17.7. The number of aromatic amines is 1. The quantitative estimate of drug-likeness (QED) is 0.397. The third-order valence-electron chi connectivity index (χ3n) is 4.94. The number of hydrogen-bond acceptors (Lipinski definition) is 4. The molecule has 152 valence electrons. The van der Waals surface area contributed by atoms with Crippen molar-refractivity contribution in [3.8, 4) is 0 Å². The molecule has 0 aliphatic heterocycles. The highest BCUT2D eigenvalue weighted by atomic mass is 32.2. The first-order valence-corrected chi connectivity index (χ1v) is 11.0. The Morgan fingerprint density at radius 2 is 1.87 bits per heavy atom.